The molecule has 0 saturated heterocycles. The van der Waals surface area contributed by atoms with Crippen molar-refractivity contribution in [3.63, 3.8) is 0 Å². The Bertz CT molecular complexity index is 378. The smallest absolute Gasteiger partial charge is 0.0228 e. The van der Waals surface area contributed by atoms with E-state index >= 15 is 0 Å². The molecule has 0 bridgehead atoms. The second-order valence-electron chi connectivity index (χ2n) is 5.98. The van der Waals surface area contributed by atoms with Crippen molar-refractivity contribution in [1.29, 1.82) is 0 Å². The molecule has 0 aromatic heterocycles. The highest BCUT2D eigenvalue weighted by atomic mass is 32.2. The molecular formula is C16H25NS. The molecule has 1 aliphatic rings. The van der Waals surface area contributed by atoms with Crippen LogP contribution in [0.25, 0.3) is 0 Å². The van der Waals surface area contributed by atoms with Gasteiger partial charge in [-0.25, -0.2) is 0 Å². The van der Waals surface area contributed by atoms with Crippen molar-refractivity contribution >= 4 is 11.8 Å². The number of nitrogens with two attached hydrogens (primary N) is 1. The molecule has 0 amide bonds. The van der Waals surface area contributed by atoms with Gasteiger partial charge in [-0.1, -0.05) is 43.7 Å². The lowest BCUT2D eigenvalue weighted by atomic mass is 9.80. The second-order valence-corrected chi connectivity index (χ2v) is 7.15. The summed E-state index contributed by atoms with van der Waals surface area (Å²) in [5.41, 5.74) is 9.11. The molecule has 2 heteroatoms. The summed E-state index contributed by atoms with van der Waals surface area (Å²) in [4.78, 5) is 0. The van der Waals surface area contributed by atoms with Crippen molar-refractivity contribution in [2.45, 2.75) is 50.7 Å². The first-order valence-corrected chi connectivity index (χ1v) is 8.04. The minimum absolute atomic E-state index is 0.374. The molecule has 1 saturated carbocycles. The van der Waals surface area contributed by atoms with Gasteiger partial charge < -0.3 is 5.73 Å². The number of benzene rings is 1. The average Bonchev–Trinajstić information content (AvgIpc) is 2.27. The van der Waals surface area contributed by atoms with E-state index in [-0.39, 0.29) is 0 Å². The summed E-state index contributed by atoms with van der Waals surface area (Å²) in [6.07, 6.45) is 2.52. The minimum Gasteiger partial charge on any atom is -0.327 e. The third-order valence-corrected chi connectivity index (χ3v) is 5.66. The SMILES string of the molecule is Cc1cccc(CSC2C(C)CC(C)CC2N)c1. The first-order chi connectivity index (χ1) is 8.56. The van der Waals surface area contributed by atoms with Crippen molar-refractivity contribution in [2.75, 3.05) is 0 Å². The highest BCUT2D eigenvalue weighted by molar-refractivity contribution is 7.99. The van der Waals surface area contributed by atoms with Gasteiger partial charge in [0.1, 0.15) is 0 Å². The third kappa shape index (κ3) is 3.52. The van der Waals surface area contributed by atoms with Crippen molar-refractivity contribution in [3.05, 3.63) is 35.4 Å². The van der Waals surface area contributed by atoms with Crippen LogP contribution in [0.2, 0.25) is 0 Å². The van der Waals surface area contributed by atoms with Crippen LogP contribution in [0.1, 0.15) is 37.8 Å². The number of thioether (sulfide) groups is 1. The van der Waals surface area contributed by atoms with E-state index in [2.05, 4.69) is 56.8 Å². The van der Waals surface area contributed by atoms with E-state index in [4.69, 9.17) is 5.73 Å². The highest BCUT2D eigenvalue weighted by Gasteiger charge is 2.31. The van der Waals surface area contributed by atoms with E-state index in [9.17, 15) is 0 Å². The first-order valence-electron chi connectivity index (χ1n) is 6.99. The van der Waals surface area contributed by atoms with Crippen LogP contribution < -0.4 is 5.73 Å². The average molecular weight is 263 g/mol. The van der Waals surface area contributed by atoms with E-state index in [0.29, 0.717) is 11.3 Å². The summed E-state index contributed by atoms with van der Waals surface area (Å²) in [6.45, 7) is 6.85. The molecule has 0 spiro atoms. The van der Waals surface area contributed by atoms with Crippen LogP contribution in [0.5, 0.6) is 0 Å². The van der Waals surface area contributed by atoms with Crippen LogP contribution >= 0.6 is 11.8 Å². The van der Waals surface area contributed by atoms with Gasteiger partial charge in [-0.15, -0.1) is 0 Å². The fourth-order valence-electron chi connectivity index (χ4n) is 3.17. The van der Waals surface area contributed by atoms with Gasteiger partial charge in [0.25, 0.3) is 0 Å². The molecule has 100 valence electrons. The fraction of sp³-hybridized carbons (Fsp3) is 0.625. The molecule has 2 N–H and O–H groups in total. The zero-order valence-electron chi connectivity index (χ0n) is 11.7. The Morgan fingerprint density at radius 2 is 2.06 bits per heavy atom. The quantitative estimate of drug-likeness (QED) is 0.892. The molecule has 4 atom stereocenters. The Morgan fingerprint density at radius 3 is 2.72 bits per heavy atom. The molecule has 1 aromatic carbocycles. The first kappa shape index (κ1) is 14.0. The number of rotatable bonds is 3. The molecule has 2 rings (SSSR count). The van der Waals surface area contributed by atoms with Crippen molar-refractivity contribution < 1.29 is 0 Å². The maximum absolute atomic E-state index is 6.33. The van der Waals surface area contributed by atoms with Gasteiger partial charge in [0.05, 0.1) is 0 Å². The second kappa shape index (κ2) is 6.12. The Hall–Kier alpha value is -0.470. The van der Waals surface area contributed by atoms with Gasteiger partial charge in [0.15, 0.2) is 0 Å². The van der Waals surface area contributed by atoms with Gasteiger partial charge >= 0.3 is 0 Å². The zero-order chi connectivity index (χ0) is 13.1. The zero-order valence-corrected chi connectivity index (χ0v) is 12.5. The van der Waals surface area contributed by atoms with Gasteiger partial charge in [0.2, 0.25) is 0 Å². The van der Waals surface area contributed by atoms with E-state index in [1.165, 1.54) is 24.0 Å². The van der Waals surface area contributed by atoms with Crippen LogP contribution in [0.4, 0.5) is 0 Å². The van der Waals surface area contributed by atoms with Gasteiger partial charge in [-0.3, -0.25) is 0 Å². The number of hydrogen-bond acceptors (Lipinski definition) is 2. The summed E-state index contributed by atoms with van der Waals surface area (Å²) in [5, 5.41) is 0.627. The Balaban J connectivity index is 1.93. The van der Waals surface area contributed by atoms with Gasteiger partial charge in [0, 0.05) is 17.0 Å². The standard InChI is InChI=1S/C16H25NS/c1-11-5-4-6-14(8-11)10-18-16-13(3)7-12(2)9-15(16)17/h4-6,8,12-13,15-16H,7,9-10,17H2,1-3H3. The lowest BCUT2D eigenvalue weighted by Gasteiger charge is -2.37. The molecule has 1 nitrogen and oxygen atoms in total. The summed E-state index contributed by atoms with van der Waals surface area (Å²) >= 11 is 2.05. The van der Waals surface area contributed by atoms with Gasteiger partial charge in [-0.05, 0) is 37.2 Å². The molecule has 18 heavy (non-hydrogen) atoms. The monoisotopic (exact) mass is 263 g/mol. The van der Waals surface area contributed by atoms with E-state index < -0.39 is 0 Å². The van der Waals surface area contributed by atoms with E-state index in [1.807, 2.05) is 0 Å². The predicted octanol–water partition coefficient (Wildman–Crippen LogP) is 3.99. The molecule has 0 aliphatic heterocycles. The fourth-order valence-corrected chi connectivity index (χ4v) is 4.53. The lowest BCUT2D eigenvalue weighted by molar-refractivity contribution is 0.279. The number of hydrogen-bond donors (Lipinski definition) is 1. The van der Waals surface area contributed by atoms with Crippen LogP contribution in [-0.2, 0) is 5.75 Å². The molecule has 0 heterocycles. The Kier molecular flexibility index (Phi) is 4.74. The molecular weight excluding hydrogens is 238 g/mol. The Morgan fingerprint density at radius 1 is 1.28 bits per heavy atom. The molecule has 4 unspecified atom stereocenters. The van der Waals surface area contributed by atoms with Crippen molar-refractivity contribution in [3.8, 4) is 0 Å². The summed E-state index contributed by atoms with van der Waals surface area (Å²) in [6, 6.07) is 9.19. The molecule has 1 fully saturated rings. The number of aryl methyl sites for hydroxylation is 1. The molecule has 1 aliphatic carbocycles. The predicted molar refractivity (Wildman–Crippen MR) is 81.8 cm³/mol. The van der Waals surface area contributed by atoms with Gasteiger partial charge in [-0.2, -0.15) is 11.8 Å². The van der Waals surface area contributed by atoms with Crippen LogP contribution in [0.15, 0.2) is 24.3 Å². The summed E-state index contributed by atoms with van der Waals surface area (Å²) < 4.78 is 0. The molecule has 1 aromatic rings. The van der Waals surface area contributed by atoms with Crippen molar-refractivity contribution in [1.82, 2.24) is 0 Å². The third-order valence-electron chi connectivity index (χ3n) is 3.96. The summed E-state index contributed by atoms with van der Waals surface area (Å²) in [5.74, 6) is 2.64. The van der Waals surface area contributed by atoms with E-state index in [0.717, 1.165) is 17.6 Å². The van der Waals surface area contributed by atoms with Crippen molar-refractivity contribution in [2.24, 2.45) is 17.6 Å². The maximum Gasteiger partial charge on any atom is 0.0228 e. The lowest BCUT2D eigenvalue weighted by Crippen LogP contribution is -2.42. The minimum atomic E-state index is 0.374. The normalized spacial score (nSPS) is 32.4. The van der Waals surface area contributed by atoms with E-state index in [1.54, 1.807) is 0 Å². The summed E-state index contributed by atoms with van der Waals surface area (Å²) in [7, 11) is 0. The van der Waals surface area contributed by atoms with Crippen LogP contribution in [0.3, 0.4) is 0 Å². The highest BCUT2D eigenvalue weighted by Crippen LogP contribution is 2.36. The Labute approximate surface area is 116 Å². The maximum atomic E-state index is 6.33. The van der Waals surface area contributed by atoms with Crippen LogP contribution in [0, 0.1) is 18.8 Å². The largest absolute Gasteiger partial charge is 0.327 e. The van der Waals surface area contributed by atoms with Crippen LogP contribution in [-0.4, -0.2) is 11.3 Å². The topological polar surface area (TPSA) is 26.0 Å². The molecule has 0 radical (unpaired) electrons.